The zero-order chi connectivity index (χ0) is 13.8. The Labute approximate surface area is 119 Å². The Bertz CT molecular complexity index is 464. The molecule has 0 radical (unpaired) electrons. The summed E-state index contributed by atoms with van der Waals surface area (Å²) in [5.74, 6) is 2.06. The highest BCUT2D eigenvalue weighted by molar-refractivity contribution is 5.81. The summed E-state index contributed by atoms with van der Waals surface area (Å²) in [6.07, 6.45) is 7.86. The van der Waals surface area contributed by atoms with E-state index in [0.717, 1.165) is 44.0 Å². The van der Waals surface area contributed by atoms with Crippen molar-refractivity contribution in [1.82, 2.24) is 25.4 Å². The number of fused-ring (bicyclic) bond motifs is 1. The van der Waals surface area contributed by atoms with E-state index in [1.807, 2.05) is 0 Å². The third-order valence-corrected chi connectivity index (χ3v) is 4.23. The van der Waals surface area contributed by atoms with E-state index in [0.29, 0.717) is 6.54 Å². The van der Waals surface area contributed by atoms with Gasteiger partial charge in [0, 0.05) is 13.0 Å². The molecular formula is C14H23N5O. The molecular weight excluding hydrogens is 254 g/mol. The van der Waals surface area contributed by atoms with Crippen molar-refractivity contribution in [2.75, 3.05) is 6.54 Å². The molecule has 1 aromatic heterocycles. The predicted octanol–water partition coefficient (Wildman–Crippen LogP) is 0.763. The number of hydrogen-bond acceptors (Lipinski definition) is 4. The number of carbonyl (C=O) groups is 1. The van der Waals surface area contributed by atoms with Crippen LogP contribution in [0.3, 0.4) is 0 Å². The van der Waals surface area contributed by atoms with Gasteiger partial charge in [-0.3, -0.25) is 4.79 Å². The number of aryl methyl sites for hydroxylation is 1. The maximum atomic E-state index is 12.1. The fourth-order valence-electron chi connectivity index (χ4n) is 3.04. The zero-order valence-corrected chi connectivity index (χ0v) is 11.9. The highest BCUT2D eigenvalue weighted by atomic mass is 16.2. The van der Waals surface area contributed by atoms with Gasteiger partial charge in [0.05, 0.1) is 12.6 Å². The minimum atomic E-state index is -0.0322. The molecule has 110 valence electrons. The molecule has 0 saturated carbocycles. The molecule has 0 bridgehead atoms. The number of carbonyl (C=O) groups excluding carboxylic acids is 1. The van der Waals surface area contributed by atoms with Crippen LogP contribution in [0, 0.1) is 0 Å². The number of nitrogens with zero attached hydrogens (tertiary/aromatic N) is 3. The standard InChI is InChI=1S/C14H23N5O/c20-14(11-6-3-4-8-15-11)16-10-13-18-17-12-7-2-1-5-9-19(12)13/h11,15H,1-10H2,(H,16,20). The lowest BCUT2D eigenvalue weighted by Crippen LogP contribution is -2.46. The van der Waals surface area contributed by atoms with Crippen LogP contribution >= 0.6 is 0 Å². The average molecular weight is 277 g/mol. The molecule has 1 atom stereocenters. The summed E-state index contributed by atoms with van der Waals surface area (Å²) >= 11 is 0. The first-order chi connectivity index (χ1) is 9.84. The Morgan fingerprint density at radius 1 is 1.25 bits per heavy atom. The van der Waals surface area contributed by atoms with Crippen molar-refractivity contribution in [2.24, 2.45) is 0 Å². The average Bonchev–Trinajstić information content (AvgIpc) is 2.72. The van der Waals surface area contributed by atoms with Crippen LogP contribution in [0.4, 0.5) is 0 Å². The van der Waals surface area contributed by atoms with Crippen LogP contribution in [0.15, 0.2) is 0 Å². The van der Waals surface area contributed by atoms with Gasteiger partial charge in [0.2, 0.25) is 5.91 Å². The Balaban J connectivity index is 1.58. The van der Waals surface area contributed by atoms with Crippen molar-refractivity contribution in [3.8, 4) is 0 Å². The predicted molar refractivity (Wildman–Crippen MR) is 75.1 cm³/mol. The maximum absolute atomic E-state index is 12.1. The summed E-state index contributed by atoms with van der Waals surface area (Å²) in [5, 5.41) is 14.8. The first-order valence-electron chi connectivity index (χ1n) is 7.76. The van der Waals surface area contributed by atoms with E-state index in [9.17, 15) is 4.79 Å². The SMILES string of the molecule is O=C(NCc1nnc2n1CCCCC2)C1CCCCN1. The highest BCUT2D eigenvalue weighted by Gasteiger charge is 2.21. The maximum Gasteiger partial charge on any atom is 0.237 e. The van der Waals surface area contributed by atoms with Crippen LogP contribution in [0.2, 0.25) is 0 Å². The van der Waals surface area contributed by atoms with E-state index in [2.05, 4.69) is 25.4 Å². The zero-order valence-electron chi connectivity index (χ0n) is 11.9. The normalized spacial score (nSPS) is 22.9. The molecule has 2 aliphatic heterocycles. The number of nitrogens with one attached hydrogen (secondary N) is 2. The van der Waals surface area contributed by atoms with Crippen molar-refractivity contribution in [2.45, 2.75) is 64.1 Å². The van der Waals surface area contributed by atoms with E-state index in [1.165, 1.54) is 25.7 Å². The molecule has 2 aliphatic rings. The van der Waals surface area contributed by atoms with Gasteiger partial charge < -0.3 is 15.2 Å². The van der Waals surface area contributed by atoms with E-state index >= 15 is 0 Å². The number of aromatic nitrogens is 3. The summed E-state index contributed by atoms with van der Waals surface area (Å²) < 4.78 is 2.18. The summed E-state index contributed by atoms with van der Waals surface area (Å²) in [7, 11) is 0. The molecule has 1 unspecified atom stereocenters. The molecule has 1 aromatic rings. The van der Waals surface area contributed by atoms with Gasteiger partial charge in [-0.2, -0.15) is 0 Å². The van der Waals surface area contributed by atoms with Gasteiger partial charge in [-0.15, -0.1) is 10.2 Å². The van der Waals surface area contributed by atoms with Crippen LogP contribution in [-0.4, -0.2) is 33.3 Å². The molecule has 3 heterocycles. The monoisotopic (exact) mass is 277 g/mol. The van der Waals surface area contributed by atoms with Gasteiger partial charge in [-0.25, -0.2) is 0 Å². The molecule has 6 heteroatoms. The molecule has 20 heavy (non-hydrogen) atoms. The first kappa shape index (κ1) is 13.5. The Morgan fingerprint density at radius 2 is 2.20 bits per heavy atom. The van der Waals surface area contributed by atoms with Gasteiger partial charge >= 0.3 is 0 Å². The summed E-state index contributed by atoms with van der Waals surface area (Å²) in [5.41, 5.74) is 0. The number of piperidine rings is 1. The van der Waals surface area contributed by atoms with Gasteiger partial charge in [-0.1, -0.05) is 12.8 Å². The minimum absolute atomic E-state index is 0.0322. The van der Waals surface area contributed by atoms with Gasteiger partial charge in [0.1, 0.15) is 5.82 Å². The molecule has 1 amide bonds. The van der Waals surface area contributed by atoms with E-state index in [1.54, 1.807) is 0 Å². The first-order valence-corrected chi connectivity index (χ1v) is 7.76. The van der Waals surface area contributed by atoms with Crippen LogP contribution in [0.5, 0.6) is 0 Å². The van der Waals surface area contributed by atoms with E-state index < -0.39 is 0 Å². The summed E-state index contributed by atoms with van der Waals surface area (Å²) in [6, 6.07) is -0.0322. The molecule has 0 aromatic carbocycles. The largest absolute Gasteiger partial charge is 0.347 e. The van der Waals surface area contributed by atoms with Crippen LogP contribution in [0.1, 0.15) is 50.2 Å². The number of amides is 1. The quantitative estimate of drug-likeness (QED) is 0.856. The third-order valence-electron chi connectivity index (χ3n) is 4.23. The second-order valence-corrected chi connectivity index (χ2v) is 5.72. The van der Waals surface area contributed by atoms with Crippen LogP contribution in [-0.2, 0) is 24.3 Å². The second-order valence-electron chi connectivity index (χ2n) is 5.72. The smallest absolute Gasteiger partial charge is 0.237 e. The third kappa shape index (κ3) is 3.00. The fourth-order valence-corrected chi connectivity index (χ4v) is 3.04. The van der Waals surface area contributed by atoms with Gasteiger partial charge in [0.25, 0.3) is 0 Å². The lowest BCUT2D eigenvalue weighted by atomic mass is 10.0. The Hall–Kier alpha value is -1.43. The summed E-state index contributed by atoms with van der Waals surface area (Å²) in [4.78, 5) is 12.1. The molecule has 2 N–H and O–H groups in total. The van der Waals surface area contributed by atoms with Crippen molar-refractivity contribution < 1.29 is 4.79 Å². The van der Waals surface area contributed by atoms with E-state index in [-0.39, 0.29) is 11.9 Å². The fraction of sp³-hybridized carbons (Fsp3) is 0.786. The lowest BCUT2D eigenvalue weighted by molar-refractivity contribution is -0.123. The number of hydrogen-bond donors (Lipinski definition) is 2. The number of rotatable bonds is 3. The highest BCUT2D eigenvalue weighted by Crippen LogP contribution is 2.14. The summed E-state index contributed by atoms with van der Waals surface area (Å²) in [6.45, 7) is 2.41. The van der Waals surface area contributed by atoms with Crippen molar-refractivity contribution in [3.05, 3.63) is 11.6 Å². The second kappa shape index (κ2) is 6.35. The molecule has 3 rings (SSSR count). The van der Waals surface area contributed by atoms with Gasteiger partial charge in [-0.05, 0) is 32.2 Å². The van der Waals surface area contributed by atoms with Crippen LogP contribution in [0.25, 0.3) is 0 Å². The Morgan fingerprint density at radius 3 is 3.05 bits per heavy atom. The van der Waals surface area contributed by atoms with Crippen molar-refractivity contribution in [3.63, 3.8) is 0 Å². The molecule has 1 fully saturated rings. The lowest BCUT2D eigenvalue weighted by Gasteiger charge is -2.22. The molecule has 0 aliphatic carbocycles. The van der Waals surface area contributed by atoms with Gasteiger partial charge in [0.15, 0.2) is 5.82 Å². The minimum Gasteiger partial charge on any atom is -0.347 e. The van der Waals surface area contributed by atoms with Crippen molar-refractivity contribution >= 4 is 5.91 Å². The Kier molecular flexibility index (Phi) is 4.30. The van der Waals surface area contributed by atoms with E-state index in [4.69, 9.17) is 0 Å². The molecule has 6 nitrogen and oxygen atoms in total. The van der Waals surface area contributed by atoms with Crippen LogP contribution < -0.4 is 10.6 Å². The topological polar surface area (TPSA) is 71.8 Å². The molecule has 0 spiro atoms. The van der Waals surface area contributed by atoms with Crippen molar-refractivity contribution in [1.29, 1.82) is 0 Å². The molecule has 1 saturated heterocycles.